The molecule has 0 bridgehead atoms. The summed E-state index contributed by atoms with van der Waals surface area (Å²) in [5, 5.41) is 12.9. The first kappa shape index (κ1) is 21.8. The van der Waals surface area contributed by atoms with Crippen molar-refractivity contribution in [1.29, 1.82) is 0 Å². The summed E-state index contributed by atoms with van der Waals surface area (Å²) < 4.78 is 0. The lowest BCUT2D eigenvalue weighted by molar-refractivity contribution is -0.131. The van der Waals surface area contributed by atoms with Gasteiger partial charge in [0.1, 0.15) is 5.78 Å². The first-order valence-corrected chi connectivity index (χ1v) is 13.4. The van der Waals surface area contributed by atoms with Gasteiger partial charge in [-0.15, -0.1) is 0 Å². The highest BCUT2D eigenvalue weighted by Gasteiger charge is 2.58. The van der Waals surface area contributed by atoms with Gasteiger partial charge in [0.05, 0.1) is 11.3 Å². The Balaban J connectivity index is 1.21. The molecule has 0 amide bonds. The molecule has 3 heteroatoms. The van der Waals surface area contributed by atoms with E-state index in [-0.39, 0.29) is 11.3 Å². The fourth-order valence-electron chi connectivity index (χ4n) is 9.22. The number of fused-ring (bicyclic) bond motifs is 6. The van der Waals surface area contributed by atoms with E-state index in [1.165, 1.54) is 43.9 Å². The Bertz CT molecular complexity index is 1050. The van der Waals surface area contributed by atoms with Gasteiger partial charge in [0.2, 0.25) is 0 Å². The number of carbonyl (C=O) groups is 1. The lowest BCUT2D eigenvalue weighted by atomic mass is 9.49. The van der Waals surface area contributed by atoms with Crippen LogP contribution < -0.4 is 0 Å². The maximum Gasteiger partial charge on any atom is 0.142 e. The predicted molar refractivity (Wildman–Crippen MR) is 132 cm³/mol. The molecule has 2 aromatic rings. The van der Waals surface area contributed by atoms with E-state index in [1.807, 2.05) is 25.3 Å². The summed E-state index contributed by atoms with van der Waals surface area (Å²) >= 11 is 0. The van der Waals surface area contributed by atoms with Gasteiger partial charge in [0, 0.05) is 23.9 Å². The van der Waals surface area contributed by atoms with Gasteiger partial charge < -0.3 is 5.11 Å². The van der Waals surface area contributed by atoms with Crippen LogP contribution in [0.15, 0.2) is 36.5 Å². The average Bonchev–Trinajstić information content (AvgIpc) is 3.16. The van der Waals surface area contributed by atoms with Gasteiger partial charge in [-0.3, -0.25) is 9.78 Å². The van der Waals surface area contributed by atoms with Gasteiger partial charge in [-0.25, -0.2) is 0 Å². The van der Waals surface area contributed by atoms with Crippen LogP contribution in [0.2, 0.25) is 0 Å². The summed E-state index contributed by atoms with van der Waals surface area (Å²) in [4.78, 5) is 18.3. The van der Waals surface area contributed by atoms with Crippen molar-refractivity contribution in [3.05, 3.63) is 42.2 Å². The Morgan fingerprint density at radius 3 is 2.67 bits per heavy atom. The van der Waals surface area contributed by atoms with Crippen LogP contribution in [-0.4, -0.2) is 21.5 Å². The number of aliphatic hydroxyl groups is 1. The predicted octanol–water partition coefficient (Wildman–Crippen LogP) is 6.37. The summed E-state index contributed by atoms with van der Waals surface area (Å²) in [5.41, 5.74) is 0.668. The Morgan fingerprint density at radius 2 is 1.79 bits per heavy atom. The molecular weight excluding hydrogens is 406 g/mol. The first-order valence-electron chi connectivity index (χ1n) is 13.4. The molecule has 4 saturated carbocycles. The van der Waals surface area contributed by atoms with Gasteiger partial charge in [-0.2, -0.15) is 0 Å². The number of Topliss-reactive ketones (excluding diaryl/α,β-unsaturated/α-hetero) is 1. The van der Waals surface area contributed by atoms with Crippen molar-refractivity contribution in [3.63, 3.8) is 0 Å². The number of ketones is 1. The molecule has 33 heavy (non-hydrogen) atoms. The minimum Gasteiger partial charge on any atom is -0.390 e. The van der Waals surface area contributed by atoms with Gasteiger partial charge in [0.15, 0.2) is 0 Å². The van der Waals surface area contributed by atoms with Crippen molar-refractivity contribution in [2.24, 2.45) is 40.9 Å². The van der Waals surface area contributed by atoms with E-state index in [4.69, 9.17) is 0 Å². The molecule has 3 nitrogen and oxygen atoms in total. The molecule has 1 heterocycles. The summed E-state index contributed by atoms with van der Waals surface area (Å²) in [6.45, 7) is 4.50. The van der Waals surface area contributed by atoms with Crippen molar-refractivity contribution in [2.45, 2.75) is 83.7 Å². The van der Waals surface area contributed by atoms with E-state index in [2.05, 4.69) is 30.1 Å². The molecule has 1 aromatic carbocycles. The molecule has 4 aliphatic rings. The van der Waals surface area contributed by atoms with Crippen molar-refractivity contribution in [1.82, 2.24) is 4.98 Å². The van der Waals surface area contributed by atoms with Crippen LogP contribution in [-0.2, 0) is 11.2 Å². The second-order valence-electron chi connectivity index (χ2n) is 12.5. The molecule has 8 atom stereocenters. The van der Waals surface area contributed by atoms with Gasteiger partial charge in [0.25, 0.3) is 0 Å². The number of carbonyl (C=O) groups excluding carboxylic acids is 1. The molecule has 4 aliphatic carbocycles. The van der Waals surface area contributed by atoms with Crippen molar-refractivity contribution in [3.8, 4) is 0 Å². The number of nitrogens with zero attached hydrogens (tertiary/aromatic N) is 1. The highest BCUT2D eigenvalue weighted by atomic mass is 16.3. The molecule has 0 unspecified atom stereocenters. The topological polar surface area (TPSA) is 50.2 Å². The number of benzene rings is 1. The third-order valence-corrected chi connectivity index (χ3v) is 10.7. The highest BCUT2D eigenvalue weighted by molar-refractivity contribution is 5.91. The second-order valence-corrected chi connectivity index (χ2v) is 12.5. The first-order chi connectivity index (χ1) is 15.9. The number of hydrogen-bond donors (Lipinski definition) is 1. The molecule has 0 aliphatic heterocycles. The number of aromatic nitrogens is 1. The van der Waals surface area contributed by atoms with Crippen LogP contribution in [0.1, 0.15) is 77.3 Å². The number of rotatable bonds is 3. The fourth-order valence-corrected chi connectivity index (χ4v) is 9.22. The van der Waals surface area contributed by atoms with Crippen LogP contribution in [0.3, 0.4) is 0 Å². The van der Waals surface area contributed by atoms with E-state index in [0.717, 1.165) is 54.0 Å². The van der Waals surface area contributed by atoms with Crippen molar-refractivity contribution < 1.29 is 9.90 Å². The SMILES string of the molecule is C[C@@]1(O)CC[C@H]2[C@H](CC[C@@H]3[C@@H]2CC[C@]2(C)[C@@H](C(=O)Cc4nccc5ccccc45)CC[C@@H]32)C1. The zero-order valence-corrected chi connectivity index (χ0v) is 20.3. The maximum atomic E-state index is 13.7. The molecular formula is C30H39NO2. The lowest BCUT2D eigenvalue weighted by Gasteiger charge is -2.56. The molecule has 0 saturated heterocycles. The standard InChI is InChI=1S/C30H39NO2/c1-29(33)14-11-21-20(18-29)7-8-24-23(21)12-15-30(2)25(24)9-10-26(30)28(32)17-27-22-6-4-3-5-19(22)13-16-31-27/h3-6,13,16,20-21,23-26,33H,7-12,14-15,17-18H2,1-2H3/t20-,21+,23-,24-,25+,26-,29-,30+/m1/s1. The molecule has 4 fully saturated rings. The van der Waals surface area contributed by atoms with Crippen LogP contribution in [0, 0.1) is 40.9 Å². The quantitative estimate of drug-likeness (QED) is 0.597. The zero-order chi connectivity index (χ0) is 22.8. The van der Waals surface area contributed by atoms with E-state index < -0.39 is 5.60 Å². The Hall–Kier alpha value is -1.74. The van der Waals surface area contributed by atoms with Crippen LogP contribution in [0.4, 0.5) is 0 Å². The molecule has 0 spiro atoms. The Labute approximate surface area is 198 Å². The van der Waals surface area contributed by atoms with Gasteiger partial charge in [-0.1, -0.05) is 31.2 Å². The van der Waals surface area contributed by atoms with Crippen molar-refractivity contribution >= 4 is 16.6 Å². The zero-order valence-electron chi connectivity index (χ0n) is 20.3. The van der Waals surface area contributed by atoms with Crippen LogP contribution in [0.5, 0.6) is 0 Å². The molecule has 0 radical (unpaired) electrons. The molecule has 1 aromatic heterocycles. The largest absolute Gasteiger partial charge is 0.390 e. The molecule has 1 N–H and O–H groups in total. The fraction of sp³-hybridized carbons (Fsp3) is 0.667. The number of hydrogen-bond acceptors (Lipinski definition) is 3. The maximum absolute atomic E-state index is 13.7. The summed E-state index contributed by atoms with van der Waals surface area (Å²) in [6.07, 6.45) is 12.9. The third kappa shape index (κ3) is 3.57. The summed E-state index contributed by atoms with van der Waals surface area (Å²) in [7, 11) is 0. The highest BCUT2D eigenvalue weighted by Crippen LogP contribution is 2.64. The Kier molecular flexibility index (Phi) is 5.21. The van der Waals surface area contributed by atoms with E-state index in [9.17, 15) is 9.90 Å². The number of pyridine rings is 1. The Morgan fingerprint density at radius 1 is 0.970 bits per heavy atom. The van der Waals surface area contributed by atoms with Crippen molar-refractivity contribution in [2.75, 3.05) is 0 Å². The monoisotopic (exact) mass is 445 g/mol. The average molecular weight is 446 g/mol. The van der Waals surface area contributed by atoms with E-state index in [0.29, 0.717) is 18.1 Å². The summed E-state index contributed by atoms with van der Waals surface area (Å²) in [6, 6.07) is 10.4. The minimum atomic E-state index is -0.447. The van der Waals surface area contributed by atoms with E-state index >= 15 is 0 Å². The smallest absolute Gasteiger partial charge is 0.142 e. The molecule has 6 rings (SSSR count). The third-order valence-electron chi connectivity index (χ3n) is 10.7. The van der Waals surface area contributed by atoms with Crippen LogP contribution in [0.25, 0.3) is 10.8 Å². The second kappa shape index (κ2) is 7.90. The summed E-state index contributed by atoms with van der Waals surface area (Å²) in [5.74, 6) is 4.46. The van der Waals surface area contributed by atoms with E-state index in [1.54, 1.807) is 0 Å². The normalized spacial score (nSPS) is 42.4. The van der Waals surface area contributed by atoms with Gasteiger partial charge >= 0.3 is 0 Å². The van der Waals surface area contributed by atoms with Gasteiger partial charge in [-0.05, 0) is 111 Å². The molecule has 176 valence electrons. The minimum absolute atomic E-state index is 0.163. The lowest BCUT2D eigenvalue weighted by Crippen LogP contribution is -2.51. The van der Waals surface area contributed by atoms with Crippen LogP contribution >= 0.6 is 0 Å².